The number of carbonyl (C=O) groups is 1. The first kappa shape index (κ1) is 23.8. The quantitative estimate of drug-likeness (QED) is 0.514. The molecule has 0 saturated carbocycles. The average Bonchev–Trinajstić information content (AvgIpc) is 3.35. The number of rotatable bonds is 9. The molecular formula is C26H32N4O4. The third-order valence-electron chi connectivity index (χ3n) is 6.24. The summed E-state index contributed by atoms with van der Waals surface area (Å²) in [5, 5.41) is 7.22. The molecule has 0 spiro atoms. The molecule has 1 atom stereocenters. The fourth-order valence-electron chi connectivity index (χ4n) is 4.24. The van der Waals surface area contributed by atoms with Crippen molar-refractivity contribution in [2.75, 3.05) is 27.3 Å². The Labute approximate surface area is 200 Å². The van der Waals surface area contributed by atoms with Gasteiger partial charge < -0.3 is 19.3 Å². The van der Waals surface area contributed by atoms with Gasteiger partial charge in [0.15, 0.2) is 11.5 Å². The molecule has 4 rings (SSSR count). The number of piperidine rings is 1. The molecule has 34 heavy (non-hydrogen) atoms. The van der Waals surface area contributed by atoms with Gasteiger partial charge in [-0.05, 0) is 55.1 Å². The summed E-state index contributed by atoms with van der Waals surface area (Å²) in [6.45, 7) is 4.78. The van der Waals surface area contributed by atoms with Crippen LogP contribution >= 0.6 is 0 Å². The summed E-state index contributed by atoms with van der Waals surface area (Å²) in [5.74, 6) is 2.33. The molecule has 2 aromatic carbocycles. The molecule has 1 amide bonds. The summed E-state index contributed by atoms with van der Waals surface area (Å²) in [7, 11) is 3.19. The summed E-state index contributed by atoms with van der Waals surface area (Å²) in [5.41, 5.74) is 3.20. The summed E-state index contributed by atoms with van der Waals surface area (Å²) >= 11 is 0. The Morgan fingerprint density at radius 3 is 2.62 bits per heavy atom. The van der Waals surface area contributed by atoms with E-state index in [1.807, 2.05) is 18.2 Å². The van der Waals surface area contributed by atoms with E-state index in [1.54, 1.807) is 14.2 Å². The van der Waals surface area contributed by atoms with Crippen molar-refractivity contribution in [3.8, 4) is 22.9 Å². The Hall–Kier alpha value is -3.39. The number of benzene rings is 2. The summed E-state index contributed by atoms with van der Waals surface area (Å²) in [6.07, 6.45) is 2.86. The first-order valence-corrected chi connectivity index (χ1v) is 11.7. The molecule has 2 heterocycles. The number of aromatic nitrogens is 2. The maximum atomic E-state index is 12.8. The average molecular weight is 465 g/mol. The van der Waals surface area contributed by atoms with E-state index in [0.29, 0.717) is 42.8 Å². The van der Waals surface area contributed by atoms with Crippen LogP contribution in [-0.2, 0) is 24.3 Å². The van der Waals surface area contributed by atoms with Crippen LogP contribution in [0.15, 0.2) is 47.0 Å². The van der Waals surface area contributed by atoms with Crippen LogP contribution in [0, 0.1) is 5.92 Å². The van der Waals surface area contributed by atoms with Gasteiger partial charge in [-0.2, -0.15) is 4.98 Å². The monoisotopic (exact) mass is 464 g/mol. The first-order valence-electron chi connectivity index (χ1n) is 11.7. The highest BCUT2D eigenvalue weighted by Gasteiger charge is 2.27. The number of aryl methyl sites for hydroxylation is 1. The number of nitrogens with one attached hydrogen (secondary N) is 1. The topological polar surface area (TPSA) is 89.7 Å². The Bertz CT molecular complexity index is 1100. The maximum Gasteiger partial charge on any atom is 0.241 e. The van der Waals surface area contributed by atoms with E-state index in [1.165, 1.54) is 5.56 Å². The third kappa shape index (κ3) is 5.75. The van der Waals surface area contributed by atoms with Gasteiger partial charge in [0.25, 0.3) is 0 Å². The zero-order valence-electron chi connectivity index (χ0n) is 20.0. The van der Waals surface area contributed by atoms with Crippen LogP contribution in [0.3, 0.4) is 0 Å². The van der Waals surface area contributed by atoms with Gasteiger partial charge in [-0.3, -0.25) is 9.69 Å². The van der Waals surface area contributed by atoms with E-state index in [0.717, 1.165) is 36.9 Å². The van der Waals surface area contributed by atoms with Crippen LogP contribution < -0.4 is 14.8 Å². The number of carbonyl (C=O) groups excluding carboxylic acids is 1. The van der Waals surface area contributed by atoms with Crippen molar-refractivity contribution in [2.24, 2.45) is 5.92 Å². The standard InChI is InChI=1S/C26H32N4O4/c1-4-18-7-9-19(10-8-18)15-27-26(31)21-6-5-13-30(16-21)17-24-28-25(29-34-24)20-11-12-22(32-2)23(14-20)33-3/h7-12,14,21H,4-6,13,15-17H2,1-3H3,(H,27,31)/t21-/m0/s1. The molecule has 8 heteroatoms. The van der Waals surface area contributed by atoms with E-state index < -0.39 is 0 Å². The Kier molecular flexibility index (Phi) is 7.80. The lowest BCUT2D eigenvalue weighted by Gasteiger charge is -2.30. The fraction of sp³-hybridized carbons (Fsp3) is 0.423. The van der Waals surface area contributed by atoms with Gasteiger partial charge in [0.1, 0.15) is 0 Å². The number of ether oxygens (including phenoxy) is 2. The highest BCUT2D eigenvalue weighted by atomic mass is 16.5. The van der Waals surface area contributed by atoms with Crippen molar-refractivity contribution in [2.45, 2.75) is 39.3 Å². The third-order valence-corrected chi connectivity index (χ3v) is 6.24. The van der Waals surface area contributed by atoms with Gasteiger partial charge in [-0.15, -0.1) is 0 Å². The molecule has 1 aliphatic rings. The molecule has 180 valence electrons. The van der Waals surface area contributed by atoms with Crippen molar-refractivity contribution >= 4 is 5.91 Å². The van der Waals surface area contributed by atoms with Crippen LogP contribution in [0.2, 0.25) is 0 Å². The number of methoxy groups -OCH3 is 2. The maximum absolute atomic E-state index is 12.8. The van der Waals surface area contributed by atoms with E-state index >= 15 is 0 Å². The number of hydrogen-bond acceptors (Lipinski definition) is 7. The second-order valence-electron chi connectivity index (χ2n) is 8.54. The molecule has 0 bridgehead atoms. The summed E-state index contributed by atoms with van der Waals surface area (Å²) in [4.78, 5) is 19.5. The second-order valence-corrected chi connectivity index (χ2v) is 8.54. The molecule has 0 aliphatic carbocycles. The van der Waals surface area contributed by atoms with Gasteiger partial charge in [0, 0.05) is 18.7 Å². The van der Waals surface area contributed by atoms with Crippen molar-refractivity contribution < 1.29 is 18.8 Å². The lowest BCUT2D eigenvalue weighted by Crippen LogP contribution is -2.42. The minimum absolute atomic E-state index is 0.0445. The van der Waals surface area contributed by atoms with E-state index in [-0.39, 0.29) is 11.8 Å². The van der Waals surface area contributed by atoms with Gasteiger partial charge in [0.2, 0.25) is 17.6 Å². The molecule has 1 saturated heterocycles. The zero-order chi connectivity index (χ0) is 23.9. The van der Waals surface area contributed by atoms with Gasteiger partial charge in [-0.1, -0.05) is 36.3 Å². The van der Waals surface area contributed by atoms with Crippen LogP contribution in [0.25, 0.3) is 11.4 Å². The van der Waals surface area contributed by atoms with Crippen molar-refractivity contribution in [1.29, 1.82) is 0 Å². The van der Waals surface area contributed by atoms with Crippen molar-refractivity contribution in [3.63, 3.8) is 0 Å². The molecule has 1 aromatic heterocycles. The molecule has 0 radical (unpaired) electrons. The minimum atomic E-state index is -0.0445. The molecule has 8 nitrogen and oxygen atoms in total. The van der Waals surface area contributed by atoms with Crippen molar-refractivity contribution in [1.82, 2.24) is 20.4 Å². The molecule has 1 fully saturated rings. The second kappa shape index (κ2) is 11.2. The van der Waals surface area contributed by atoms with Crippen LogP contribution in [-0.4, -0.2) is 48.3 Å². The Balaban J connectivity index is 1.32. The highest BCUT2D eigenvalue weighted by Crippen LogP contribution is 2.31. The summed E-state index contributed by atoms with van der Waals surface area (Å²) < 4.78 is 16.1. The SMILES string of the molecule is CCc1ccc(CNC(=O)[C@H]2CCCN(Cc3nc(-c4ccc(OC)c(OC)c4)no3)C2)cc1. The van der Waals surface area contributed by atoms with E-state index in [4.69, 9.17) is 14.0 Å². The van der Waals surface area contributed by atoms with Crippen LogP contribution in [0.5, 0.6) is 11.5 Å². The Morgan fingerprint density at radius 2 is 1.88 bits per heavy atom. The van der Waals surface area contributed by atoms with Gasteiger partial charge in [-0.25, -0.2) is 0 Å². The highest BCUT2D eigenvalue weighted by molar-refractivity contribution is 5.79. The van der Waals surface area contributed by atoms with Gasteiger partial charge in [0.05, 0.1) is 26.7 Å². The lowest BCUT2D eigenvalue weighted by molar-refractivity contribution is -0.127. The molecule has 0 unspecified atom stereocenters. The Morgan fingerprint density at radius 1 is 1.12 bits per heavy atom. The molecule has 1 aliphatic heterocycles. The zero-order valence-corrected chi connectivity index (χ0v) is 20.0. The normalized spacial score (nSPS) is 16.3. The number of hydrogen-bond donors (Lipinski definition) is 1. The molecular weight excluding hydrogens is 432 g/mol. The summed E-state index contributed by atoms with van der Waals surface area (Å²) in [6, 6.07) is 13.9. The van der Waals surface area contributed by atoms with Crippen LogP contribution in [0.4, 0.5) is 0 Å². The van der Waals surface area contributed by atoms with E-state index in [2.05, 4.69) is 51.5 Å². The minimum Gasteiger partial charge on any atom is -0.493 e. The smallest absolute Gasteiger partial charge is 0.241 e. The van der Waals surface area contributed by atoms with Gasteiger partial charge >= 0.3 is 0 Å². The lowest BCUT2D eigenvalue weighted by atomic mass is 9.97. The number of nitrogens with zero attached hydrogens (tertiary/aromatic N) is 3. The number of amides is 1. The largest absolute Gasteiger partial charge is 0.493 e. The molecule has 3 aromatic rings. The fourth-order valence-corrected chi connectivity index (χ4v) is 4.24. The van der Waals surface area contributed by atoms with E-state index in [9.17, 15) is 4.79 Å². The van der Waals surface area contributed by atoms with Crippen molar-refractivity contribution in [3.05, 3.63) is 59.5 Å². The predicted octanol–water partition coefficient (Wildman–Crippen LogP) is 3.84. The van der Waals surface area contributed by atoms with Crippen LogP contribution in [0.1, 0.15) is 36.8 Å². The predicted molar refractivity (Wildman–Crippen MR) is 129 cm³/mol. The molecule has 1 N–H and O–H groups in total. The number of likely N-dealkylation sites (tertiary alicyclic amines) is 1. The first-order chi connectivity index (χ1) is 16.6.